The summed E-state index contributed by atoms with van der Waals surface area (Å²) in [5, 5.41) is 2.85. The van der Waals surface area contributed by atoms with Gasteiger partial charge in [-0.25, -0.2) is 8.78 Å². The number of pyridine rings is 1. The second kappa shape index (κ2) is 5.91. The van der Waals surface area contributed by atoms with Crippen LogP contribution in [0, 0.1) is 11.6 Å². The third kappa shape index (κ3) is 3.26. The molecule has 2 rings (SSSR count). The van der Waals surface area contributed by atoms with Gasteiger partial charge in [-0.3, -0.25) is 4.98 Å². The van der Waals surface area contributed by atoms with E-state index in [0.29, 0.717) is 13.0 Å². The van der Waals surface area contributed by atoms with Crippen molar-refractivity contribution in [3.05, 3.63) is 58.3 Å². The van der Waals surface area contributed by atoms with Gasteiger partial charge in [0.1, 0.15) is 11.6 Å². The first-order chi connectivity index (χ1) is 8.66. The van der Waals surface area contributed by atoms with Crippen molar-refractivity contribution in [3.63, 3.8) is 0 Å². The fourth-order valence-corrected chi connectivity index (χ4v) is 1.84. The van der Waals surface area contributed by atoms with E-state index in [0.717, 1.165) is 17.8 Å². The monoisotopic (exact) mass is 312 g/mol. The van der Waals surface area contributed by atoms with Gasteiger partial charge in [0.15, 0.2) is 0 Å². The molecule has 2 nitrogen and oxygen atoms in total. The lowest BCUT2D eigenvalue weighted by molar-refractivity contribution is 0.596. The van der Waals surface area contributed by atoms with Gasteiger partial charge in [-0.2, -0.15) is 0 Å². The molecular formula is C13H11BrF2N2. The van der Waals surface area contributed by atoms with E-state index >= 15 is 0 Å². The van der Waals surface area contributed by atoms with Crippen molar-refractivity contribution < 1.29 is 8.78 Å². The van der Waals surface area contributed by atoms with E-state index in [-0.39, 0.29) is 10.2 Å². The second-order valence-corrected chi connectivity index (χ2v) is 4.60. The Balaban J connectivity index is 1.97. The minimum atomic E-state index is -0.489. The quantitative estimate of drug-likeness (QED) is 0.869. The second-order valence-electron chi connectivity index (χ2n) is 3.74. The van der Waals surface area contributed by atoms with Gasteiger partial charge in [-0.15, -0.1) is 0 Å². The molecule has 1 aromatic carbocycles. The Morgan fingerprint density at radius 3 is 2.72 bits per heavy atom. The zero-order chi connectivity index (χ0) is 13.0. The van der Waals surface area contributed by atoms with Crippen LogP contribution in [-0.2, 0) is 6.42 Å². The van der Waals surface area contributed by atoms with Crippen molar-refractivity contribution in [2.75, 3.05) is 11.9 Å². The highest BCUT2D eigenvalue weighted by molar-refractivity contribution is 9.10. The molecule has 0 radical (unpaired) electrons. The Morgan fingerprint density at radius 2 is 2.00 bits per heavy atom. The third-order valence-electron chi connectivity index (χ3n) is 2.43. The van der Waals surface area contributed by atoms with Gasteiger partial charge in [0.25, 0.3) is 0 Å². The first-order valence-corrected chi connectivity index (χ1v) is 6.24. The maximum Gasteiger partial charge on any atom is 0.147 e. The number of nitrogens with zero attached hydrogens (tertiary/aromatic N) is 1. The predicted molar refractivity (Wildman–Crippen MR) is 70.5 cm³/mol. The molecular weight excluding hydrogens is 302 g/mol. The lowest BCUT2D eigenvalue weighted by Gasteiger charge is -2.08. The van der Waals surface area contributed by atoms with Crippen LogP contribution in [0.15, 0.2) is 41.0 Å². The Hall–Kier alpha value is -1.49. The van der Waals surface area contributed by atoms with E-state index in [9.17, 15) is 8.78 Å². The van der Waals surface area contributed by atoms with Crippen molar-refractivity contribution in [1.29, 1.82) is 0 Å². The summed E-state index contributed by atoms with van der Waals surface area (Å²) in [7, 11) is 0. The molecule has 0 spiro atoms. The van der Waals surface area contributed by atoms with Crippen molar-refractivity contribution in [2.24, 2.45) is 0 Å². The van der Waals surface area contributed by atoms with E-state index in [1.807, 2.05) is 18.2 Å². The summed E-state index contributed by atoms with van der Waals surface area (Å²) >= 11 is 2.93. The summed E-state index contributed by atoms with van der Waals surface area (Å²) < 4.78 is 26.8. The number of nitrogens with one attached hydrogen (secondary N) is 1. The fraction of sp³-hybridized carbons (Fsp3) is 0.154. The highest BCUT2D eigenvalue weighted by atomic mass is 79.9. The van der Waals surface area contributed by atoms with Crippen LogP contribution in [0.2, 0.25) is 0 Å². The first-order valence-electron chi connectivity index (χ1n) is 5.45. The van der Waals surface area contributed by atoms with Crippen LogP contribution in [0.25, 0.3) is 0 Å². The van der Waals surface area contributed by atoms with Crippen LogP contribution in [-0.4, -0.2) is 11.5 Å². The van der Waals surface area contributed by atoms with Crippen LogP contribution in [0.3, 0.4) is 0 Å². The van der Waals surface area contributed by atoms with Crippen molar-refractivity contribution in [2.45, 2.75) is 6.42 Å². The van der Waals surface area contributed by atoms with Gasteiger partial charge < -0.3 is 5.32 Å². The van der Waals surface area contributed by atoms with Gasteiger partial charge in [-0.1, -0.05) is 6.07 Å². The molecule has 0 aliphatic heterocycles. The SMILES string of the molecule is Fc1cc(NCCc2ccccn2)c(F)cc1Br. The van der Waals surface area contributed by atoms with E-state index < -0.39 is 11.6 Å². The van der Waals surface area contributed by atoms with E-state index in [4.69, 9.17) is 0 Å². The predicted octanol–water partition coefficient (Wildman–Crippen LogP) is 3.78. The van der Waals surface area contributed by atoms with Crippen molar-refractivity contribution in [1.82, 2.24) is 4.98 Å². The molecule has 0 saturated heterocycles. The Kier molecular flexibility index (Phi) is 4.25. The molecule has 0 fully saturated rings. The minimum Gasteiger partial charge on any atom is -0.382 e. The smallest absolute Gasteiger partial charge is 0.147 e. The molecule has 0 aliphatic carbocycles. The standard InChI is InChI=1S/C13H11BrF2N2/c14-10-7-12(16)13(8-11(10)15)18-6-4-9-3-1-2-5-17-9/h1-3,5,7-8,18H,4,6H2. The van der Waals surface area contributed by atoms with Gasteiger partial charge in [0, 0.05) is 30.9 Å². The molecule has 0 saturated carbocycles. The number of hydrogen-bond acceptors (Lipinski definition) is 2. The Morgan fingerprint density at radius 1 is 1.17 bits per heavy atom. The highest BCUT2D eigenvalue weighted by Crippen LogP contribution is 2.23. The molecule has 1 heterocycles. The molecule has 0 amide bonds. The molecule has 5 heteroatoms. The van der Waals surface area contributed by atoms with E-state index in [2.05, 4.69) is 26.2 Å². The summed E-state index contributed by atoms with van der Waals surface area (Å²) in [4.78, 5) is 4.15. The average Bonchev–Trinajstić information content (AvgIpc) is 2.37. The zero-order valence-electron chi connectivity index (χ0n) is 9.46. The number of anilines is 1. The number of hydrogen-bond donors (Lipinski definition) is 1. The van der Waals surface area contributed by atoms with Crippen LogP contribution in [0.5, 0.6) is 0 Å². The van der Waals surface area contributed by atoms with Crippen LogP contribution in [0.4, 0.5) is 14.5 Å². The number of benzene rings is 1. The summed E-state index contributed by atoms with van der Waals surface area (Å²) in [5.74, 6) is -0.971. The summed E-state index contributed by atoms with van der Waals surface area (Å²) in [6.45, 7) is 0.495. The normalized spacial score (nSPS) is 10.4. The van der Waals surface area contributed by atoms with Crippen LogP contribution in [0.1, 0.15) is 5.69 Å². The number of halogens is 3. The van der Waals surface area contributed by atoms with Gasteiger partial charge in [0.05, 0.1) is 10.2 Å². The minimum absolute atomic E-state index is 0.121. The fourth-order valence-electron chi connectivity index (χ4n) is 1.53. The number of aromatic nitrogens is 1. The van der Waals surface area contributed by atoms with Gasteiger partial charge in [-0.05, 0) is 34.1 Å². The maximum absolute atomic E-state index is 13.5. The molecule has 0 aliphatic rings. The molecule has 1 aromatic heterocycles. The molecule has 1 N–H and O–H groups in total. The first kappa shape index (κ1) is 13.0. The topological polar surface area (TPSA) is 24.9 Å². The molecule has 0 bridgehead atoms. The van der Waals surface area contributed by atoms with Crippen LogP contribution < -0.4 is 5.32 Å². The Bertz CT molecular complexity index is 532. The van der Waals surface area contributed by atoms with Gasteiger partial charge >= 0.3 is 0 Å². The van der Waals surface area contributed by atoms with Crippen molar-refractivity contribution >= 4 is 21.6 Å². The van der Waals surface area contributed by atoms with E-state index in [1.165, 1.54) is 0 Å². The molecule has 0 unspecified atom stereocenters. The van der Waals surface area contributed by atoms with Crippen LogP contribution >= 0.6 is 15.9 Å². The van der Waals surface area contributed by atoms with Gasteiger partial charge in [0.2, 0.25) is 0 Å². The summed E-state index contributed by atoms with van der Waals surface area (Å²) in [5.41, 5.74) is 1.06. The maximum atomic E-state index is 13.5. The highest BCUT2D eigenvalue weighted by Gasteiger charge is 2.07. The average molecular weight is 313 g/mol. The Labute approximate surface area is 112 Å². The molecule has 0 atom stereocenters. The summed E-state index contributed by atoms with van der Waals surface area (Å²) in [6.07, 6.45) is 2.35. The zero-order valence-corrected chi connectivity index (χ0v) is 11.0. The van der Waals surface area contributed by atoms with E-state index in [1.54, 1.807) is 6.20 Å². The largest absolute Gasteiger partial charge is 0.382 e. The van der Waals surface area contributed by atoms with Crippen molar-refractivity contribution in [3.8, 4) is 0 Å². The third-order valence-corrected chi connectivity index (χ3v) is 3.04. The number of rotatable bonds is 4. The molecule has 18 heavy (non-hydrogen) atoms. The molecule has 94 valence electrons. The summed E-state index contributed by atoms with van der Waals surface area (Å²) in [6, 6.07) is 7.86. The lowest BCUT2D eigenvalue weighted by atomic mass is 10.2. The molecule has 2 aromatic rings. The lowest BCUT2D eigenvalue weighted by Crippen LogP contribution is -2.07.